The molecule has 1 amide bonds. The van der Waals surface area contributed by atoms with Gasteiger partial charge in [-0.1, -0.05) is 6.07 Å². The second kappa shape index (κ2) is 6.91. The molecule has 1 aliphatic heterocycles. The first kappa shape index (κ1) is 17.5. The van der Waals surface area contributed by atoms with Gasteiger partial charge in [0.25, 0.3) is 5.91 Å². The van der Waals surface area contributed by atoms with E-state index in [4.69, 9.17) is 9.47 Å². The molecule has 8 heteroatoms. The van der Waals surface area contributed by atoms with E-state index in [2.05, 4.69) is 10.6 Å². The molecular weight excluding hydrogens is 343 g/mol. The molecule has 1 unspecified atom stereocenters. The summed E-state index contributed by atoms with van der Waals surface area (Å²) >= 11 is 0. The molecule has 0 saturated heterocycles. The zero-order valence-electron chi connectivity index (χ0n) is 14.1. The Balaban J connectivity index is 1.96. The molecule has 3 N–H and O–H groups in total. The zero-order chi connectivity index (χ0) is 18.8. The van der Waals surface area contributed by atoms with Crippen LogP contribution in [0.25, 0.3) is 0 Å². The van der Waals surface area contributed by atoms with Crippen molar-refractivity contribution in [3.05, 3.63) is 52.8 Å². The summed E-state index contributed by atoms with van der Waals surface area (Å²) in [5.74, 6) is -1.29. The van der Waals surface area contributed by atoms with Gasteiger partial charge in [-0.05, 0) is 29.8 Å². The Bertz CT molecular complexity index is 884. The Hall–Kier alpha value is -3.29. The molecule has 7 nitrogen and oxygen atoms in total. The number of carbonyl (C=O) groups excluding carboxylic acids is 1. The van der Waals surface area contributed by atoms with E-state index in [-0.39, 0.29) is 29.3 Å². The number of benzene rings is 2. The topological polar surface area (TPSA) is 96.9 Å². The SMILES string of the molecule is COc1ccc(C(Nc2cc(F)c3c(c2)C(=O)NC3)C(=O)O)cc1OC. The van der Waals surface area contributed by atoms with E-state index in [1.54, 1.807) is 12.1 Å². The maximum absolute atomic E-state index is 14.2. The summed E-state index contributed by atoms with van der Waals surface area (Å²) in [5.41, 5.74) is 1.06. The lowest BCUT2D eigenvalue weighted by Crippen LogP contribution is -2.21. The van der Waals surface area contributed by atoms with Crippen molar-refractivity contribution in [1.82, 2.24) is 5.32 Å². The molecule has 0 aromatic heterocycles. The van der Waals surface area contributed by atoms with Crippen molar-refractivity contribution >= 4 is 17.6 Å². The van der Waals surface area contributed by atoms with Gasteiger partial charge in [-0.25, -0.2) is 9.18 Å². The third-order valence-electron chi connectivity index (χ3n) is 4.16. The van der Waals surface area contributed by atoms with Crippen LogP contribution in [0.3, 0.4) is 0 Å². The first-order valence-corrected chi connectivity index (χ1v) is 7.76. The van der Waals surface area contributed by atoms with E-state index >= 15 is 0 Å². The van der Waals surface area contributed by atoms with Crippen molar-refractivity contribution in [2.45, 2.75) is 12.6 Å². The van der Waals surface area contributed by atoms with Crippen molar-refractivity contribution in [2.24, 2.45) is 0 Å². The van der Waals surface area contributed by atoms with E-state index < -0.39 is 17.8 Å². The van der Waals surface area contributed by atoms with Gasteiger partial charge in [0.2, 0.25) is 0 Å². The number of carboxylic acids is 1. The van der Waals surface area contributed by atoms with Crippen LogP contribution in [0.1, 0.15) is 27.5 Å². The summed E-state index contributed by atoms with van der Waals surface area (Å²) in [6.07, 6.45) is 0. The second-order valence-corrected chi connectivity index (χ2v) is 5.70. The largest absolute Gasteiger partial charge is 0.493 e. The summed E-state index contributed by atoms with van der Waals surface area (Å²) in [6.45, 7) is 0.123. The number of ether oxygens (including phenoxy) is 2. The van der Waals surface area contributed by atoms with Crippen molar-refractivity contribution in [3.8, 4) is 11.5 Å². The Kier molecular flexibility index (Phi) is 4.66. The minimum atomic E-state index is -1.17. The fourth-order valence-electron chi connectivity index (χ4n) is 2.85. The highest BCUT2D eigenvalue weighted by molar-refractivity contribution is 5.99. The maximum Gasteiger partial charge on any atom is 0.330 e. The van der Waals surface area contributed by atoms with Gasteiger partial charge in [-0.2, -0.15) is 0 Å². The highest BCUT2D eigenvalue weighted by Gasteiger charge is 2.26. The molecule has 2 aromatic carbocycles. The molecule has 0 spiro atoms. The minimum absolute atomic E-state index is 0.123. The predicted octanol–water partition coefficient (Wildman–Crippen LogP) is 2.32. The van der Waals surface area contributed by atoms with E-state index in [9.17, 15) is 19.1 Å². The summed E-state index contributed by atoms with van der Waals surface area (Å²) < 4.78 is 24.5. The van der Waals surface area contributed by atoms with Gasteiger partial charge in [-0.15, -0.1) is 0 Å². The first-order chi connectivity index (χ1) is 12.4. The number of anilines is 1. The highest BCUT2D eigenvalue weighted by atomic mass is 19.1. The zero-order valence-corrected chi connectivity index (χ0v) is 14.1. The molecule has 1 atom stereocenters. The summed E-state index contributed by atoms with van der Waals surface area (Å²) in [5, 5.41) is 14.9. The van der Waals surface area contributed by atoms with Crippen molar-refractivity contribution in [2.75, 3.05) is 19.5 Å². The van der Waals surface area contributed by atoms with Gasteiger partial charge >= 0.3 is 5.97 Å². The van der Waals surface area contributed by atoms with Crippen LogP contribution < -0.4 is 20.1 Å². The normalized spacial score (nSPS) is 13.6. The van der Waals surface area contributed by atoms with Crippen LogP contribution in [-0.2, 0) is 11.3 Å². The van der Waals surface area contributed by atoms with Crippen LogP contribution in [0.2, 0.25) is 0 Å². The number of fused-ring (bicyclic) bond motifs is 1. The number of hydrogen-bond acceptors (Lipinski definition) is 5. The van der Waals surface area contributed by atoms with Gasteiger partial charge in [0.1, 0.15) is 5.82 Å². The Morgan fingerprint density at radius 3 is 2.62 bits per heavy atom. The van der Waals surface area contributed by atoms with Crippen LogP contribution in [-0.4, -0.2) is 31.2 Å². The quantitative estimate of drug-likeness (QED) is 0.732. The van der Waals surface area contributed by atoms with Gasteiger partial charge in [0, 0.05) is 23.4 Å². The average Bonchev–Trinajstić information content (AvgIpc) is 3.00. The molecule has 1 aliphatic rings. The third-order valence-corrected chi connectivity index (χ3v) is 4.16. The van der Waals surface area contributed by atoms with E-state index in [1.165, 1.54) is 32.4 Å². The summed E-state index contributed by atoms with van der Waals surface area (Å²) in [6, 6.07) is 6.14. The average molecular weight is 360 g/mol. The molecule has 3 rings (SSSR count). The van der Waals surface area contributed by atoms with E-state index in [1.807, 2.05) is 0 Å². The van der Waals surface area contributed by atoms with Crippen molar-refractivity contribution in [1.29, 1.82) is 0 Å². The minimum Gasteiger partial charge on any atom is -0.493 e. The van der Waals surface area contributed by atoms with E-state index in [0.29, 0.717) is 17.1 Å². The Morgan fingerprint density at radius 2 is 1.96 bits per heavy atom. The maximum atomic E-state index is 14.2. The van der Waals surface area contributed by atoms with Gasteiger partial charge in [-0.3, -0.25) is 4.79 Å². The molecule has 0 fully saturated rings. The van der Waals surface area contributed by atoms with Crippen LogP contribution in [0, 0.1) is 5.82 Å². The lowest BCUT2D eigenvalue weighted by atomic mass is 10.0. The number of nitrogens with one attached hydrogen (secondary N) is 2. The molecule has 1 heterocycles. The second-order valence-electron chi connectivity index (χ2n) is 5.70. The van der Waals surface area contributed by atoms with Crippen molar-refractivity contribution < 1.29 is 28.6 Å². The van der Waals surface area contributed by atoms with E-state index in [0.717, 1.165) is 0 Å². The van der Waals surface area contributed by atoms with Crippen LogP contribution in [0.4, 0.5) is 10.1 Å². The fraction of sp³-hybridized carbons (Fsp3) is 0.222. The van der Waals surface area contributed by atoms with Gasteiger partial charge in [0.05, 0.1) is 14.2 Å². The molecule has 136 valence electrons. The van der Waals surface area contributed by atoms with Crippen LogP contribution >= 0.6 is 0 Å². The summed E-state index contributed by atoms with van der Waals surface area (Å²) in [7, 11) is 2.92. The molecule has 0 radical (unpaired) electrons. The number of aliphatic carboxylic acids is 1. The Labute approximate surface area is 148 Å². The number of rotatable bonds is 6. The third kappa shape index (κ3) is 3.13. The number of carboxylic acid groups (broad SMARTS) is 1. The molecule has 0 aliphatic carbocycles. The lowest BCUT2D eigenvalue weighted by Gasteiger charge is -2.18. The number of halogens is 1. The van der Waals surface area contributed by atoms with Crippen molar-refractivity contribution in [3.63, 3.8) is 0 Å². The smallest absolute Gasteiger partial charge is 0.330 e. The standard InChI is InChI=1S/C18H17FN2O5/c1-25-14-4-3-9(5-15(14)26-2)16(18(23)24)21-10-6-11-12(13(19)7-10)8-20-17(11)22/h3-7,16,21H,8H2,1-2H3,(H,20,22)(H,23,24). The molecule has 26 heavy (non-hydrogen) atoms. The van der Waals surface area contributed by atoms with Gasteiger partial charge in [0.15, 0.2) is 17.5 Å². The fourth-order valence-corrected chi connectivity index (χ4v) is 2.85. The molecule has 0 saturated carbocycles. The number of amides is 1. The summed E-state index contributed by atoms with van der Waals surface area (Å²) in [4.78, 5) is 23.5. The number of hydrogen-bond donors (Lipinski definition) is 3. The highest BCUT2D eigenvalue weighted by Crippen LogP contribution is 2.32. The van der Waals surface area contributed by atoms with Crippen LogP contribution in [0.15, 0.2) is 30.3 Å². The molecule has 0 bridgehead atoms. The molecular formula is C18H17FN2O5. The monoisotopic (exact) mass is 360 g/mol. The van der Waals surface area contributed by atoms with Gasteiger partial charge < -0.3 is 25.2 Å². The Morgan fingerprint density at radius 1 is 1.23 bits per heavy atom. The predicted molar refractivity (Wildman–Crippen MR) is 91.1 cm³/mol. The van der Waals surface area contributed by atoms with Crippen LogP contribution in [0.5, 0.6) is 11.5 Å². The lowest BCUT2D eigenvalue weighted by molar-refractivity contribution is -0.138. The number of methoxy groups -OCH3 is 2. The molecule has 2 aromatic rings. The first-order valence-electron chi connectivity index (χ1n) is 7.76. The number of carbonyl (C=O) groups is 2.